The van der Waals surface area contributed by atoms with Crippen molar-refractivity contribution < 1.29 is 14.3 Å². The van der Waals surface area contributed by atoms with Gasteiger partial charge in [-0.3, -0.25) is 15.2 Å². The molecule has 0 atom stereocenters. The smallest absolute Gasteiger partial charge is 0.411 e. The average molecular weight is 467 g/mol. The van der Waals surface area contributed by atoms with Crippen LogP contribution in [0.2, 0.25) is 5.02 Å². The van der Waals surface area contributed by atoms with Crippen LogP contribution in [0.1, 0.15) is 36.8 Å². The van der Waals surface area contributed by atoms with Gasteiger partial charge in [-0.15, -0.1) is 5.10 Å². The van der Waals surface area contributed by atoms with Crippen molar-refractivity contribution in [2.75, 3.05) is 17.7 Å². The molecule has 0 fully saturated rings. The summed E-state index contributed by atoms with van der Waals surface area (Å²) < 4.78 is 6.14. The van der Waals surface area contributed by atoms with E-state index in [2.05, 4.69) is 51.3 Å². The zero-order chi connectivity index (χ0) is 23.8. The molecule has 0 saturated heterocycles. The zero-order valence-corrected chi connectivity index (χ0v) is 19.3. The number of hydrogen-bond acceptors (Lipinski definition) is 5. The van der Waals surface area contributed by atoms with Gasteiger partial charge in [-0.1, -0.05) is 50.6 Å². The summed E-state index contributed by atoms with van der Waals surface area (Å²) in [4.78, 5) is 28.7. The van der Waals surface area contributed by atoms with Gasteiger partial charge in [0.25, 0.3) is 5.91 Å². The number of amides is 2. The third-order valence-corrected chi connectivity index (χ3v) is 5.28. The van der Waals surface area contributed by atoms with Gasteiger partial charge in [0.05, 0.1) is 12.8 Å². The van der Waals surface area contributed by atoms with Crippen LogP contribution in [0.5, 0.6) is 0 Å². The van der Waals surface area contributed by atoms with Crippen LogP contribution in [-0.2, 0) is 10.2 Å². The van der Waals surface area contributed by atoms with Crippen molar-refractivity contribution in [3.8, 4) is 11.4 Å². The highest BCUT2D eigenvalue weighted by Crippen LogP contribution is 2.32. The second kappa shape index (κ2) is 8.59. The van der Waals surface area contributed by atoms with Crippen LogP contribution in [0.15, 0.2) is 48.5 Å². The number of ether oxygens (including phenoxy) is 1. The molecule has 2 amide bonds. The van der Waals surface area contributed by atoms with Crippen LogP contribution in [-0.4, -0.2) is 38.9 Å². The predicted molar refractivity (Wildman–Crippen MR) is 127 cm³/mol. The van der Waals surface area contributed by atoms with Gasteiger partial charge in [-0.25, -0.2) is 9.78 Å². The molecule has 0 aliphatic carbocycles. The molecule has 0 unspecified atom stereocenters. The summed E-state index contributed by atoms with van der Waals surface area (Å²) in [6.07, 6.45) is -0.612. The summed E-state index contributed by atoms with van der Waals surface area (Å²) in [7, 11) is 1.27. The van der Waals surface area contributed by atoms with E-state index >= 15 is 0 Å². The number of nitrogens with one attached hydrogen (secondary N) is 3. The number of anilines is 2. The van der Waals surface area contributed by atoms with Gasteiger partial charge in [0.15, 0.2) is 11.5 Å². The van der Waals surface area contributed by atoms with E-state index in [9.17, 15) is 9.59 Å². The number of fused-ring (bicyclic) bond motifs is 1. The normalized spacial score (nSPS) is 11.4. The fourth-order valence-corrected chi connectivity index (χ4v) is 3.71. The largest absolute Gasteiger partial charge is 0.453 e. The summed E-state index contributed by atoms with van der Waals surface area (Å²) in [6, 6.07) is 13.7. The monoisotopic (exact) mass is 466 g/mol. The van der Waals surface area contributed by atoms with Crippen LogP contribution < -0.4 is 10.6 Å². The van der Waals surface area contributed by atoms with Gasteiger partial charge >= 0.3 is 6.09 Å². The molecule has 2 aromatic heterocycles. The molecule has 4 aromatic rings. The second-order valence-electron chi connectivity index (χ2n) is 8.45. The number of H-pyrrole nitrogens is 1. The first kappa shape index (κ1) is 22.3. The maximum atomic E-state index is 12.7. The summed E-state index contributed by atoms with van der Waals surface area (Å²) in [6.45, 7) is 6.16. The van der Waals surface area contributed by atoms with E-state index < -0.39 is 6.09 Å². The lowest BCUT2D eigenvalue weighted by Crippen LogP contribution is -2.14. The minimum Gasteiger partial charge on any atom is -0.453 e. The van der Waals surface area contributed by atoms with Crippen molar-refractivity contribution in [2.45, 2.75) is 26.2 Å². The minimum absolute atomic E-state index is 0.173. The summed E-state index contributed by atoms with van der Waals surface area (Å²) in [5, 5.41) is 13.6. The molecule has 9 nitrogen and oxygen atoms in total. The number of hydrogen-bond donors (Lipinski definition) is 3. The Bertz CT molecular complexity index is 1350. The van der Waals surface area contributed by atoms with Crippen LogP contribution in [0.3, 0.4) is 0 Å². The maximum Gasteiger partial charge on any atom is 0.411 e. The first-order valence-electron chi connectivity index (χ1n) is 10.2. The van der Waals surface area contributed by atoms with Crippen molar-refractivity contribution >= 4 is 40.6 Å². The fraction of sp³-hybridized carbons (Fsp3) is 0.217. The Labute approximate surface area is 195 Å². The molecule has 0 radical (unpaired) electrons. The standard InChI is InChI=1S/C23H23ClN6O3/c1-23(2,3)18-17(24)20-27-19(29-30(20)28-18)13-7-5-9-15(11-13)25-21(31)14-8-6-10-16(12-14)26-22(32)33-4/h5-12,28H,1-4H3,(H,25,31)(H,26,32). The number of halogens is 1. The third kappa shape index (κ3) is 4.68. The molecule has 33 heavy (non-hydrogen) atoms. The quantitative estimate of drug-likeness (QED) is 0.387. The van der Waals surface area contributed by atoms with E-state index in [0.717, 1.165) is 11.3 Å². The summed E-state index contributed by atoms with van der Waals surface area (Å²) in [5.41, 5.74) is 3.35. The number of methoxy groups -OCH3 is 1. The van der Waals surface area contributed by atoms with Crippen molar-refractivity contribution in [3.05, 3.63) is 64.8 Å². The molecule has 4 rings (SSSR count). The second-order valence-corrected chi connectivity index (χ2v) is 8.83. The molecule has 0 aliphatic heterocycles. The molecule has 2 heterocycles. The predicted octanol–water partition coefficient (Wildman–Crippen LogP) is 5.11. The molecule has 0 saturated carbocycles. The number of rotatable bonds is 4. The van der Waals surface area contributed by atoms with Crippen molar-refractivity contribution in [1.82, 2.24) is 19.8 Å². The first-order valence-corrected chi connectivity index (χ1v) is 10.5. The first-order chi connectivity index (χ1) is 15.7. The number of aromatic amines is 1. The molecule has 3 N–H and O–H groups in total. The van der Waals surface area contributed by atoms with Crippen molar-refractivity contribution in [1.29, 1.82) is 0 Å². The van der Waals surface area contributed by atoms with E-state index in [0.29, 0.717) is 33.4 Å². The molecule has 0 aliphatic rings. The van der Waals surface area contributed by atoms with E-state index in [4.69, 9.17) is 11.6 Å². The molecular weight excluding hydrogens is 444 g/mol. The lowest BCUT2D eigenvalue weighted by Gasteiger charge is -2.16. The van der Waals surface area contributed by atoms with Crippen LogP contribution in [0, 0.1) is 0 Å². The Balaban J connectivity index is 1.56. The zero-order valence-electron chi connectivity index (χ0n) is 18.6. The number of benzene rings is 2. The summed E-state index contributed by atoms with van der Waals surface area (Å²) >= 11 is 6.52. The van der Waals surface area contributed by atoms with E-state index in [1.54, 1.807) is 47.1 Å². The number of carbonyl (C=O) groups excluding carboxylic acids is 2. The highest BCUT2D eigenvalue weighted by molar-refractivity contribution is 6.34. The molecular formula is C23H23ClN6O3. The molecule has 10 heteroatoms. The lowest BCUT2D eigenvalue weighted by atomic mass is 9.92. The SMILES string of the molecule is COC(=O)Nc1cccc(C(=O)Nc2cccc(-c3nc4c(Cl)c(C(C)(C)C)[nH]n4n3)c2)c1. The highest BCUT2D eigenvalue weighted by Gasteiger charge is 2.24. The van der Waals surface area contributed by atoms with Gasteiger partial charge in [-0.05, 0) is 30.3 Å². The third-order valence-electron chi connectivity index (χ3n) is 4.93. The van der Waals surface area contributed by atoms with E-state index in [1.165, 1.54) is 7.11 Å². The fourth-order valence-electron chi connectivity index (χ4n) is 3.26. The van der Waals surface area contributed by atoms with Crippen LogP contribution in [0.4, 0.5) is 16.2 Å². The number of aromatic nitrogens is 4. The molecule has 2 aromatic carbocycles. The van der Waals surface area contributed by atoms with E-state index in [-0.39, 0.29) is 11.3 Å². The van der Waals surface area contributed by atoms with Crippen LogP contribution >= 0.6 is 11.6 Å². The average Bonchev–Trinajstić information content (AvgIpc) is 3.33. The van der Waals surface area contributed by atoms with E-state index in [1.807, 2.05) is 6.07 Å². The Morgan fingerprint density at radius 1 is 1.06 bits per heavy atom. The Morgan fingerprint density at radius 2 is 1.76 bits per heavy atom. The highest BCUT2D eigenvalue weighted by atomic mass is 35.5. The lowest BCUT2D eigenvalue weighted by molar-refractivity contribution is 0.102. The van der Waals surface area contributed by atoms with Crippen molar-refractivity contribution in [3.63, 3.8) is 0 Å². The topological polar surface area (TPSA) is 113 Å². The summed E-state index contributed by atoms with van der Waals surface area (Å²) in [5.74, 6) is 0.146. The molecule has 0 bridgehead atoms. The van der Waals surface area contributed by atoms with Gasteiger partial charge in [0.1, 0.15) is 5.02 Å². The van der Waals surface area contributed by atoms with Crippen LogP contribution in [0.25, 0.3) is 17.0 Å². The Kier molecular flexibility index (Phi) is 5.82. The van der Waals surface area contributed by atoms with Gasteiger partial charge in [-0.2, -0.15) is 4.63 Å². The number of carbonyl (C=O) groups is 2. The Hall–Kier alpha value is -3.85. The van der Waals surface area contributed by atoms with Crippen molar-refractivity contribution in [2.24, 2.45) is 0 Å². The minimum atomic E-state index is -0.612. The maximum absolute atomic E-state index is 12.7. The molecule has 170 valence electrons. The van der Waals surface area contributed by atoms with Gasteiger partial charge in [0, 0.05) is 27.9 Å². The van der Waals surface area contributed by atoms with Gasteiger partial charge in [0.2, 0.25) is 0 Å². The molecule has 0 spiro atoms. The Morgan fingerprint density at radius 3 is 2.42 bits per heavy atom. The number of nitrogens with zero attached hydrogens (tertiary/aromatic N) is 3. The van der Waals surface area contributed by atoms with Gasteiger partial charge < -0.3 is 10.1 Å².